The van der Waals surface area contributed by atoms with Crippen molar-refractivity contribution in [3.8, 4) is 5.75 Å². The number of carbonyl (C=O) groups is 1. The Morgan fingerprint density at radius 1 is 0.955 bits per heavy atom. The maximum Gasteiger partial charge on any atom is 0.368 e. The molecule has 0 aromatic heterocycles. The molecule has 1 aromatic carbocycles. The van der Waals surface area contributed by atoms with Crippen LogP contribution in [-0.4, -0.2) is 23.8 Å². The molecule has 5 nitrogen and oxygen atoms in total. The van der Waals surface area contributed by atoms with E-state index >= 15 is 0 Å². The minimum Gasteiger partial charge on any atom is -0.481 e. The van der Waals surface area contributed by atoms with Crippen LogP contribution in [0.3, 0.4) is 0 Å². The number of hydrogen-bond acceptors (Lipinski definition) is 5. The second-order valence-corrected chi connectivity index (χ2v) is 8.82. The quantitative estimate of drug-likeness (QED) is 0.561. The van der Waals surface area contributed by atoms with Gasteiger partial charge in [0.1, 0.15) is 12.0 Å². The summed E-state index contributed by atoms with van der Waals surface area (Å²) < 4.78 is 29.7. The lowest BCUT2D eigenvalue weighted by molar-refractivity contribution is 0.0419. The van der Waals surface area contributed by atoms with Crippen LogP contribution >= 0.6 is 7.60 Å². The molecule has 1 rings (SSSR count). The molecule has 0 aliphatic heterocycles. The predicted octanol–water partition coefficient (Wildman–Crippen LogP) is 4.66. The molecule has 0 aliphatic carbocycles. The Labute approximate surface area is 132 Å². The third kappa shape index (κ3) is 7.21. The average molecular weight is 328 g/mol. The number of ether oxygens (including phenoxy) is 1. The first-order chi connectivity index (χ1) is 9.92. The zero-order chi connectivity index (χ0) is 17.0. The van der Waals surface area contributed by atoms with Crippen LogP contribution in [0.2, 0.25) is 0 Å². The van der Waals surface area contributed by atoms with Crippen LogP contribution in [0.4, 0.5) is 0 Å². The van der Waals surface area contributed by atoms with Gasteiger partial charge in [0.15, 0.2) is 6.35 Å². The first kappa shape index (κ1) is 18.9. The Hall–Kier alpha value is -1.16. The van der Waals surface area contributed by atoms with E-state index in [1.54, 1.807) is 24.3 Å². The first-order valence-electron chi connectivity index (χ1n) is 7.11. The summed E-state index contributed by atoms with van der Waals surface area (Å²) in [5.41, 5.74) is -0.691. The van der Waals surface area contributed by atoms with E-state index in [0.717, 1.165) is 6.29 Å². The maximum atomic E-state index is 12.9. The largest absolute Gasteiger partial charge is 0.481 e. The SMILES string of the molecule is CC(C)(C)OP(=O)(COc1ccc(C=O)cc1)OC(C)(C)C. The van der Waals surface area contributed by atoms with Gasteiger partial charge in [0.05, 0.1) is 11.2 Å². The van der Waals surface area contributed by atoms with Crippen molar-refractivity contribution in [1.29, 1.82) is 0 Å². The summed E-state index contributed by atoms with van der Waals surface area (Å²) in [6.45, 7) is 10.9. The van der Waals surface area contributed by atoms with Gasteiger partial charge in [0.25, 0.3) is 0 Å². The molecule has 6 heteroatoms. The van der Waals surface area contributed by atoms with Crippen molar-refractivity contribution in [2.75, 3.05) is 6.35 Å². The normalized spacial score (nSPS) is 13.0. The van der Waals surface area contributed by atoms with Crippen molar-refractivity contribution in [1.82, 2.24) is 0 Å². The monoisotopic (exact) mass is 328 g/mol. The lowest BCUT2D eigenvalue weighted by Gasteiger charge is -2.31. The summed E-state index contributed by atoms with van der Waals surface area (Å²) in [5.74, 6) is 0.501. The van der Waals surface area contributed by atoms with Crippen LogP contribution in [-0.2, 0) is 13.6 Å². The van der Waals surface area contributed by atoms with Crippen LogP contribution in [0.15, 0.2) is 24.3 Å². The molecule has 0 N–H and O–H groups in total. The Kier molecular flexibility index (Phi) is 5.96. The lowest BCUT2D eigenvalue weighted by Crippen LogP contribution is -2.25. The number of hydrogen-bond donors (Lipinski definition) is 0. The van der Waals surface area contributed by atoms with E-state index in [1.807, 2.05) is 41.5 Å². The molecule has 0 saturated carbocycles. The average Bonchev–Trinajstić information content (AvgIpc) is 2.32. The minimum atomic E-state index is -3.44. The highest BCUT2D eigenvalue weighted by atomic mass is 31.2. The van der Waals surface area contributed by atoms with E-state index in [-0.39, 0.29) is 6.35 Å². The predicted molar refractivity (Wildman–Crippen MR) is 86.6 cm³/mol. The van der Waals surface area contributed by atoms with Crippen molar-refractivity contribution in [3.05, 3.63) is 29.8 Å². The summed E-state index contributed by atoms with van der Waals surface area (Å²) in [6.07, 6.45) is 0.558. The van der Waals surface area contributed by atoms with Crippen molar-refractivity contribution in [2.45, 2.75) is 52.7 Å². The van der Waals surface area contributed by atoms with Crippen LogP contribution < -0.4 is 4.74 Å². The van der Waals surface area contributed by atoms with Gasteiger partial charge < -0.3 is 13.8 Å². The van der Waals surface area contributed by atoms with E-state index in [0.29, 0.717) is 11.3 Å². The van der Waals surface area contributed by atoms with Gasteiger partial charge in [-0.1, -0.05) is 0 Å². The molecular weight excluding hydrogens is 303 g/mol. The fourth-order valence-corrected chi connectivity index (χ4v) is 3.82. The van der Waals surface area contributed by atoms with E-state index in [1.165, 1.54) is 0 Å². The van der Waals surface area contributed by atoms with Crippen LogP contribution in [0.5, 0.6) is 5.75 Å². The van der Waals surface area contributed by atoms with Crippen LogP contribution in [0.25, 0.3) is 0 Å². The zero-order valence-corrected chi connectivity index (χ0v) is 15.0. The number of benzene rings is 1. The molecule has 0 saturated heterocycles. The third-order valence-electron chi connectivity index (χ3n) is 2.23. The molecule has 0 aliphatic rings. The molecule has 0 heterocycles. The highest BCUT2D eigenvalue weighted by molar-refractivity contribution is 7.53. The van der Waals surface area contributed by atoms with Crippen LogP contribution in [0, 0.1) is 0 Å². The Balaban J connectivity index is 2.83. The van der Waals surface area contributed by atoms with Crippen molar-refractivity contribution >= 4 is 13.9 Å². The Morgan fingerprint density at radius 2 is 1.41 bits per heavy atom. The summed E-state index contributed by atoms with van der Waals surface area (Å²) in [7, 11) is -3.44. The fourth-order valence-electron chi connectivity index (χ4n) is 1.70. The number of carbonyl (C=O) groups excluding carboxylic acids is 1. The third-order valence-corrected chi connectivity index (χ3v) is 4.33. The maximum absolute atomic E-state index is 12.9. The van der Waals surface area contributed by atoms with E-state index in [2.05, 4.69) is 0 Å². The molecule has 0 unspecified atom stereocenters. The lowest BCUT2D eigenvalue weighted by atomic mass is 10.2. The first-order valence-corrected chi connectivity index (χ1v) is 8.84. The van der Waals surface area contributed by atoms with E-state index < -0.39 is 18.8 Å². The topological polar surface area (TPSA) is 61.8 Å². The molecule has 0 radical (unpaired) electrons. The number of rotatable bonds is 6. The van der Waals surface area contributed by atoms with Gasteiger partial charge in [0.2, 0.25) is 0 Å². The van der Waals surface area contributed by atoms with E-state index in [4.69, 9.17) is 13.8 Å². The van der Waals surface area contributed by atoms with E-state index in [9.17, 15) is 9.36 Å². The van der Waals surface area contributed by atoms with Gasteiger partial charge in [-0.15, -0.1) is 0 Å². The fraction of sp³-hybridized carbons (Fsp3) is 0.562. The molecule has 124 valence electrons. The summed E-state index contributed by atoms with van der Waals surface area (Å²) in [5, 5.41) is 0. The molecule has 0 spiro atoms. The van der Waals surface area contributed by atoms with Gasteiger partial charge in [-0.3, -0.25) is 9.36 Å². The summed E-state index contributed by atoms with van der Waals surface area (Å²) >= 11 is 0. The van der Waals surface area contributed by atoms with Crippen molar-refractivity contribution in [3.63, 3.8) is 0 Å². The van der Waals surface area contributed by atoms with Crippen molar-refractivity contribution in [2.24, 2.45) is 0 Å². The van der Waals surface area contributed by atoms with Gasteiger partial charge in [-0.2, -0.15) is 0 Å². The van der Waals surface area contributed by atoms with Gasteiger partial charge in [-0.05, 0) is 65.8 Å². The van der Waals surface area contributed by atoms with Crippen molar-refractivity contribution < 1.29 is 23.1 Å². The highest BCUT2D eigenvalue weighted by Crippen LogP contribution is 2.54. The van der Waals surface area contributed by atoms with Gasteiger partial charge >= 0.3 is 7.60 Å². The number of aldehydes is 1. The second kappa shape index (κ2) is 6.95. The highest BCUT2D eigenvalue weighted by Gasteiger charge is 2.36. The summed E-state index contributed by atoms with van der Waals surface area (Å²) in [6, 6.07) is 6.54. The van der Waals surface area contributed by atoms with Crippen LogP contribution in [0.1, 0.15) is 51.9 Å². The standard InChI is InChI=1S/C16H25O5P/c1-15(2,3)20-22(18,21-16(4,5)6)12-19-14-9-7-13(11-17)8-10-14/h7-11H,12H2,1-6H3. The molecule has 0 fully saturated rings. The zero-order valence-electron chi connectivity index (χ0n) is 14.1. The molecule has 0 bridgehead atoms. The Morgan fingerprint density at radius 3 is 1.77 bits per heavy atom. The molecule has 0 atom stereocenters. The molecule has 0 amide bonds. The molecular formula is C16H25O5P. The second-order valence-electron chi connectivity index (χ2n) is 6.98. The Bertz CT molecular complexity index is 517. The molecule has 22 heavy (non-hydrogen) atoms. The smallest absolute Gasteiger partial charge is 0.368 e. The van der Waals surface area contributed by atoms with Gasteiger partial charge in [0, 0.05) is 5.56 Å². The minimum absolute atomic E-state index is 0.192. The summed E-state index contributed by atoms with van der Waals surface area (Å²) in [4.78, 5) is 10.6. The molecule has 1 aromatic rings. The van der Waals surface area contributed by atoms with Gasteiger partial charge in [-0.25, -0.2) is 0 Å².